The van der Waals surface area contributed by atoms with Crippen molar-refractivity contribution in [1.29, 1.82) is 0 Å². The SMILES string of the molecule is CCNC(c1ccc(Cl)s1)c1c(OC)cnn1C(C)C. The monoisotopic (exact) mass is 313 g/mol. The van der Waals surface area contributed by atoms with E-state index in [4.69, 9.17) is 16.3 Å². The van der Waals surface area contributed by atoms with E-state index < -0.39 is 0 Å². The first-order valence-electron chi connectivity index (χ1n) is 6.68. The summed E-state index contributed by atoms with van der Waals surface area (Å²) >= 11 is 7.66. The maximum atomic E-state index is 6.08. The Kier molecular flexibility index (Phi) is 5.07. The Morgan fingerprint density at radius 2 is 2.20 bits per heavy atom. The van der Waals surface area contributed by atoms with Crippen LogP contribution in [0.5, 0.6) is 5.75 Å². The van der Waals surface area contributed by atoms with E-state index in [-0.39, 0.29) is 12.1 Å². The third kappa shape index (κ3) is 3.00. The molecular weight excluding hydrogens is 294 g/mol. The number of methoxy groups -OCH3 is 1. The average molecular weight is 314 g/mol. The van der Waals surface area contributed by atoms with Crippen LogP contribution in [0.25, 0.3) is 0 Å². The lowest BCUT2D eigenvalue weighted by Gasteiger charge is -2.21. The second kappa shape index (κ2) is 6.61. The van der Waals surface area contributed by atoms with Gasteiger partial charge in [-0.2, -0.15) is 5.10 Å². The number of halogens is 1. The fourth-order valence-corrected chi connectivity index (χ4v) is 3.36. The van der Waals surface area contributed by atoms with Gasteiger partial charge in [0.1, 0.15) is 5.69 Å². The van der Waals surface area contributed by atoms with E-state index in [2.05, 4.69) is 37.3 Å². The van der Waals surface area contributed by atoms with E-state index in [0.29, 0.717) is 0 Å². The largest absolute Gasteiger partial charge is 0.493 e. The number of aromatic nitrogens is 2. The van der Waals surface area contributed by atoms with Crippen LogP contribution >= 0.6 is 22.9 Å². The van der Waals surface area contributed by atoms with Crippen molar-refractivity contribution < 1.29 is 4.74 Å². The van der Waals surface area contributed by atoms with Gasteiger partial charge < -0.3 is 10.1 Å². The van der Waals surface area contributed by atoms with Crippen LogP contribution in [0.1, 0.15) is 43.4 Å². The van der Waals surface area contributed by atoms with Crippen molar-refractivity contribution >= 4 is 22.9 Å². The van der Waals surface area contributed by atoms with Gasteiger partial charge in [-0.25, -0.2) is 0 Å². The van der Waals surface area contributed by atoms with Crippen molar-refractivity contribution in [2.75, 3.05) is 13.7 Å². The molecule has 0 aliphatic rings. The summed E-state index contributed by atoms with van der Waals surface area (Å²) < 4.78 is 8.27. The molecule has 0 saturated carbocycles. The Bertz CT molecular complexity index is 565. The molecule has 0 aromatic carbocycles. The van der Waals surface area contributed by atoms with Crippen LogP contribution in [0.3, 0.4) is 0 Å². The summed E-state index contributed by atoms with van der Waals surface area (Å²) in [7, 11) is 1.68. The molecule has 2 aromatic heterocycles. The third-order valence-corrected chi connectivity index (χ3v) is 4.36. The maximum Gasteiger partial charge on any atom is 0.161 e. The van der Waals surface area contributed by atoms with E-state index in [9.17, 15) is 0 Å². The van der Waals surface area contributed by atoms with Crippen molar-refractivity contribution in [3.8, 4) is 5.75 Å². The summed E-state index contributed by atoms with van der Waals surface area (Å²) in [5.74, 6) is 0.800. The Hall–Kier alpha value is -1.04. The number of thiophene rings is 1. The first kappa shape index (κ1) is 15.4. The van der Waals surface area contributed by atoms with Gasteiger partial charge >= 0.3 is 0 Å². The number of hydrogen-bond acceptors (Lipinski definition) is 4. The van der Waals surface area contributed by atoms with Crippen LogP contribution in [-0.2, 0) is 0 Å². The van der Waals surface area contributed by atoms with Gasteiger partial charge in [-0.1, -0.05) is 18.5 Å². The Balaban J connectivity index is 2.50. The molecule has 110 valence electrons. The van der Waals surface area contributed by atoms with Crippen molar-refractivity contribution in [3.05, 3.63) is 33.2 Å². The van der Waals surface area contributed by atoms with Crippen LogP contribution in [-0.4, -0.2) is 23.4 Å². The standard InChI is InChI=1S/C14H20ClN3OS/c1-5-16-13(11-6-7-12(15)20-11)14-10(19-4)8-17-18(14)9(2)3/h6-9,13,16H,5H2,1-4H3. The van der Waals surface area contributed by atoms with Crippen LogP contribution in [0.15, 0.2) is 18.3 Å². The molecule has 0 aliphatic carbocycles. The van der Waals surface area contributed by atoms with Crippen LogP contribution < -0.4 is 10.1 Å². The number of nitrogens with zero attached hydrogens (tertiary/aromatic N) is 2. The molecular formula is C14H20ClN3OS. The number of nitrogens with one attached hydrogen (secondary N) is 1. The molecule has 1 unspecified atom stereocenters. The number of ether oxygens (including phenoxy) is 1. The van der Waals surface area contributed by atoms with Crippen molar-refractivity contribution in [2.45, 2.75) is 32.9 Å². The quantitative estimate of drug-likeness (QED) is 0.879. The zero-order valence-electron chi connectivity index (χ0n) is 12.2. The van der Waals surface area contributed by atoms with Gasteiger partial charge in [-0.05, 0) is 32.5 Å². The summed E-state index contributed by atoms with van der Waals surface area (Å²) in [6.07, 6.45) is 1.77. The van der Waals surface area contributed by atoms with E-state index in [1.165, 1.54) is 0 Å². The van der Waals surface area contributed by atoms with E-state index in [1.54, 1.807) is 24.6 Å². The summed E-state index contributed by atoms with van der Waals surface area (Å²) in [6, 6.07) is 4.29. The molecule has 0 saturated heterocycles. The summed E-state index contributed by atoms with van der Waals surface area (Å²) in [6.45, 7) is 7.16. The first-order chi connectivity index (χ1) is 9.58. The van der Waals surface area contributed by atoms with E-state index in [0.717, 1.165) is 27.2 Å². The van der Waals surface area contributed by atoms with Gasteiger partial charge in [0, 0.05) is 10.9 Å². The van der Waals surface area contributed by atoms with Gasteiger partial charge in [0.25, 0.3) is 0 Å². The Morgan fingerprint density at radius 1 is 1.45 bits per heavy atom. The van der Waals surface area contributed by atoms with Crippen molar-refractivity contribution in [3.63, 3.8) is 0 Å². The fourth-order valence-electron chi connectivity index (χ4n) is 2.22. The molecule has 0 amide bonds. The van der Waals surface area contributed by atoms with Gasteiger partial charge in [-0.3, -0.25) is 4.68 Å². The summed E-state index contributed by atoms with van der Waals surface area (Å²) in [5, 5.41) is 7.94. The van der Waals surface area contributed by atoms with E-state index >= 15 is 0 Å². The highest BCUT2D eigenvalue weighted by atomic mass is 35.5. The summed E-state index contributed by atoms with van der Waals surface area (Å²) in [4.78, 5) is 1.16. The normalized spacial score (nSPS) is 12.9. The molecule has 2 heterocycles. The Labute approximate surface area is 128 Å². The highest BCUT2D eigenvalue weighted by molar-refractivity contribution is 7.16. The second-order valence-electron chi connectivity index (χ2n) is 4.77. The molecule has 1 N–H and O–H groups in total. The molecule has 6 heteroatoms. The van der Waals surface area contributed by atoms with E-state index in [1.807, 2.05) is 10.7 Å². The molecule has 2 aromatic rings. The second-order valence-corrected chi connectivity index (χ2v) is 6.52. The molecule has 0 radical (unpaired) electrons. The lowest BCUT2D eigenvalue weighted by Crippen LogP contribution is -2.25. The third-order valence-electron chi connectivity index (χ3n) is 3.07. The zero-order valence-corrected chi connectivity index (χ0v) is 13.8. The zero-order chi connectivity index (χ0) is 14.7. The average Bonchev–Trinajstić information content (AvgIpc) is 3.01. The lowest BCUT2D eigenvalue weighted by atomic mass is 10.1. The lowest BCUT2D eigenvalue weighted by molar-refractivity contribution is 0.395. The highest BCUT2D eigenvalue weighted by Crippen LogP contribution is 2.36. The van der Waals surface area contributed by atoms with Gasteiger partial charge in [0.15, 0.2) is 5.75 Å². The van der Waals surface area contributed by atoms with Gasteiger partial charge in [0.2, 0.25) is 0 Å². The smallest absolute Gasteiger partial charge is 0.161 e. The Morgan fingerprint density at radius 3 is 2.70 bits per heavy atom. The van der Waals surface area contributed by atoms with Crippen LogP contribution in [0, 0.1) is 0 Å². The molecule has 20 heavy (non-hydrogen) atoms. The molecule has 2 rings (SSSR count). The predicted octanol–water partition coefficient (Wildman–Crippen LogP) is 3.89. The molecule has 0 spiro atoms. The van der Waals surface area contributed by atoms with Gasteiger partial charge in [0.05, 0.1) is 23.7 Å². The minimum Gasteiger partial charge on any atom is -0.493 e. The molecule has 0 fully saturated rings. The first-order valence-corrected chi connectivity index (χ1v) is 7.87. The predicted molar refractivity (Wildman–Crippen MR) is 84.0 cm³/mol. The molecule has 1 atom stereocenters. The molecule has 0 aliphatic heterocycles. The number of hydrogen-bond donors (Lipinski definition) is 1. The van der Waals surface area contributed by atoms with Crippen LogP contribution in [0.2, 0.25) is 4.34 Å². The van der Waals surface area contributed by atoms with Gasteiger partial charge in [-0.15, -0.1) is 11.3 Å². The molecule has 0 bridgehead atoms. The topological polar surface area (TPSA) is 39.1 Å². The van der Waals surface area contributed by atoms with Crippen molar-refractivity contribution in [1.82, 2.24) is 15.1 Å². The minimum absolute atomic E-state index is 0.0392. The van der Waals surface area contributed by atoms with Crippen molar-refractivity contribution in [2.24, 2.45) is 0 Å². The maximum absolute atomic E-state index is 6.08. The van der Waals surface area contributed by atoms with Crippen LogP contribution in [0.4, 0.5) is 0 Å². The highest BCUT2D eigenvalue weighted by Gasteiger charge is 2.25. The fraction of sp³-hybridized carbons (Fsp3) is 0.500. The minimum atomic E-state index is 0.0392. The molecule has 4 nitrogen and oxygen atoms in total. The summed E-state index contributed by atoms with van der Waals surface area (Å²) in [5.41, 5.74) is 1.04. The number of rotatable bonds is 6.